The topological polar surface area (TPSA) is 63.3 Å². The minimum absolute atomic E-state index is 0.293. The van der Waals surface area contributed by atoms with Crippen LogP contribution in [0.2, 0.25) is 0 Å². The van der Waals surface area contributed by atoms with Gasteiger partial charge >= 0.3 is 0 Å². The molecule has 1 N–H and O–H groups in total. The van der Waals surface area contributed by atoms with Crippen molar-refractivity contribution in [3.63, 3.8) is 0 Å². The summed E-state index contributed by atoms with van der Waals surface area (Å²) in [5.74, 6) is 2.24. The third-order valence-electron chi connectivity index (χ3n) is 5.54. The van der Waals surface area contributed by atoms with Crippen LogP contribution in [0.5, 0.6) is 11.5 Å². The molecule has 1 fully saturated rings. The smallest absolute Gasteiger partial charge is 0.231 e. The van der Waals surface area contributed by atoms with E-state index in [1.54, 1.807) is 0 Å². The van der Waals surface area contributed by atoms with E-state index in [0.29, 0.717) is 12.7 Å². The summed E-state index contributed by atoms with van der Waals surface area (Å²) >= 11 is 0. The largest absolute Gasteiger partial charge is 0.454 e. The first-order chi connectivity index (χ1) is 13.4. The van der Waals surface area contributed by atoms with Crippen molar-refractivity contribution < 1.29 is 9.47 Å². The van der Waals surface area contributed by atoms with E-state index in [1.807, 2.05) is 30.7 Å². The molecule has 0 aliphatic carbocycles. The number of hydrogen-bond acceptors (Lipinski definition) is 5. The van der Waals surface area contributed by atoms with Gasteiger partial charge in [0.1, 0.15) is 0 Å². The van der Waals surface area contributed by atoms with Gasteiger partial charge in [-0.3, -0.25) is 15.0 Å². The predicted octanol–water partition coefficient (Wildman–Crippen LogP) is 3.58. The lowest BCUT2D eigenvalue weighted by molar-refractivity contribution is 0.174. The van der Waals surface area contributed by atoms with E-state index in [1.165, 1.54) is 24.0 Å². The summed E-state index contributed by atoms with van der Waals surface area (Å²) in [4.78, 5) is 6.64. The molecule has 138 valence electrons. The third-order valence-corrected chi connectivity index (χ3v) is 5.54. The summed E-state index contributed by atoms with van der Waals surface area (Å²) in [6.07, 6.45) is 8.09. The second-order valence-corrected chi connectivity index (χ2v) is 7.17. The van der Waals surface area contributed by atoms with Crippen LogP contribution in [0.15, 0.2) is 48.9 Å². The van der Waals surface area contributed by atoms with Crippen LogP contribution < -0.4 is 9.47 Å². The number of pyridine rings is 1. The number of likely N-dealkylation sites (tertiary alicyclic amines) is 1. The van der Waals surface area contributed by atoms with Gasteiger partial charge in [-0.15, -0.1) is 0 Å². The molecule has 0 radical (unpaired) electrons. The Balaban J connectivity index is 1.27. The van der Waals surface area contributed by atoms with Gasteiger partial charge in [0.15, 0.2) is 11.5 Å². The summed E-state index contributed by atoms with van der Waals surface area (Å²) in [6.45, 7) is 3.39. The van der Waals surface area contributed by atoms with Gasteiger partial charge in [-0.05, 0) is 67.7 Å². The first-order valence-corrected chi connectivity index (χ1v) is 9.41. The summed E-state index contributed by atoms with van der Waals surface area (Å²) in [5.41, 5.74) is 4.77. The van der Waals surface area contributed by atoms with E-state index in [-0.39, 0.29) is 0 Å². The number of nitrogens with one attached hydrogen (secondary N) is 1. The summed E-state index contributed by atoms with van der Waals surface area (Å²) < 4.78 is 10.9. The van der Waals surface area contributed by atoms with E-state index < -0.39 is 0 Å². The van der Waals surface area contributed by atoms with E-state index >= 15 is 0 Å². The average molecular weight is 362 g/mol. The molecule has 3 aromatic rings. The fourth-order valence-corrected chi connectivity index (χ4v) is 4.03. The van der Waals surface area contributed by atoms with Gasteiger partial charge in [-0.2, -0.15) is 5.10 Å². The molecule has 2 aliphatic rings. The number of piperidine rings is 1. The van der Waals surface area contributed by atoms with Gasteiger partial charge < -0.3 is 9.47 Å². The molecule has 2 aromatic heterocycles. The number of H-pyrrole nitrogens is 1. The summed E-state index contributed by atoms with van der Waals surface area (Å²) in [6, 6.07) is 10.3. The lowest BCUT2D eigenvalue weighted by Crippen LogP contribution is -2.32. The lowest BCUT2D eigenvalue weighted by Gasteiger charge is -2.32. The van der Waals surface area contributed by atoms with Crippen LogP contribution in [0.1, 0.15) is 29.9 Å². The van der Waals surface area contributed by atoms with E-state index in [9.17, 15) is 0 Å². The first-order valence-electron chi connectivity index (χ1n) is 9.41. The van der Waals surface area contributed by atoms with E-state index in [2.05, 4.69) is 38.3 Å². The lowest BCUT2D eigenvalue weighted by atomic mass is 9.90. The number of nitrogens with zero attached hydrogens (tertiary/aromatic N) is 3. The molecular weight excluding hydrogens is 340 g/mol. The molecule has 6 heteroatoms. The van der Waals surface area contributed by atoms with Crippen LogP contribution in [-0.4, -0.2) is 40.0 Å². The highest BCUT2D eigenvalue weighted by Gasteiger charge is 2.22. The maximum Gasteiger partial charge on any atom is 0.231 e. The maximum atomic E-state index is 5.51. The zero-order valence-electron chi connectivity index (χ0n) is 15.1. The monoisotopic (exact) mass is 362 g/mol. The van der Waals surface area contributed by atoms with Crippen LogP contribution in [0.4, 0.5) is 0 Å². The zero-order valence-corrected chi connectivity index (χ0v) is 15.1. The van der Waals surface area contributed by atoms with Crippen LogP contribution in [0.25, 0.3) is 11.3 Å². The fraction of sp³-hybridized carbons (Fsp3) is 0.333. The number of ether oxygens (including phenoxy) is 2. The van der Waals surface area contributed by atoms with Gasteiger partial charge in [-0.1, -0.05) is 0 Å². The Hall–Kier alpha value is -2.86. The molecule has 0 spiro atoms. The number of benzene rings is 1. The van der Waals surface area contributed by atoms with Crippen LogP contribution in [-0.2, 0) is 6.54 Å². The molecule has 0 unspecified atom stereocenters. The van der Waals surface area contributed by atoms with Crippen molar-refractivity contribution in [2.45, 2.75) is 25.3 Å². The standard InChI is InChI=1S/C21H22N4O2/c1-2-19-20(27-14-26-19)11-17(1)21-18(12-23-24-21)13-25-9-5-16(6-10-25)15-3-7-22-8-4-15/h1-4,7-8,11-12,16H,5-6,9-10,13-14H2,(H,23,24). The minimum Gasteiger partial charge on any atom is -0.454 e. The van der Waals surface area contributed by atoms with Crippen molar-refractivity contribution >= 4 is 0 Å². The molecule has 0 atom stereocenters. The SMILES string of the molecule is c1cc(C2CCN(Cc3cn[nH]c3-c3ccc4c(c3)OCO4)CC2)ccn1. The molecule has 6 nitrogen and oxygen atoms in total. The highest BCUT2D eigenvalue weighted by Crippen LogP contribution is 2.36. The van der Waals surface area contributed by atoms with Gasteiger partial charge in [0, 0.05) is 30.1 Å². The Morgan fingerprint density at radius 1 is 1.04 bits per heavy atom. The Morgan fingerprint density at radius 3 is 2.70 bits per heavy atom. The van der Waals surface area contributed by atoms with Crippen molar-refractivity contribution in [3.05, 3.63) is 60.0 Å². The molecule has 4 heterocycles. The quantitative estimate of drug-likeness (QED) is 0.769. The Labute approximate surface area is 158 Å². The van der Waals surface area contributed by atoms with Gasteiger partial charge in [0.25, 0.3) is 0 Å². The van der Waals surface area contributed by atoms with Gasteiger partial charge in [-0.25, -0.2) is 0 Å². The Morgan fingerprint density at radius 2 is 1.85 bits per heavy atom. The zero-order chi connectivity index (χ0) is 18.1. The first kappa shape index (κ1) is 16.3. The Kier molecular flexibility index (Phi) is 4.26. The van der Waals surface area contributed by atoms with Crippen molar-refractivity contribution in [1.29, 1.82) is 0 Å². The maximum absolute atomic E-state index is 5.51. The van der Waals surface area contributed by atoms with Crippen molar-refractivity contribution in [2.75, 3.05) is 19.9 Å². The molecule has 0 saturated carbocycles. The number of rotatable bonds is 4. The van der Waals surface area contributed by atoms with Gasteiger partial charge in [0.05, 0.1) is 11.9 Å². The second-order valence-electron chi connectivity index (χ2n) is 7.17. The second kappa shape index (κ2) is 7.04. The van der Waals surface area contributed by atoms with Crippen LogP contribution in [0.3, 0.4) is 0 Å². The van der Waals surface area contributed by atoms with E-state index in [4.69, 9.17) is 9.47 Å². The fourth-order valence-electron chi connectivity index (χ4n) is 4.03. The molecule has 1 saturated heterocycles. The molecule has 0 amide bonds. The molecule has 2 aliphatic heterocycles. The van der Waals surface area contributed by atoms with Crippen molar-refractivity contribution in [2.24, 2.45) is 0 Å². The number of aromatic nitrogens is 3. The predicted molar refractivity (Wildman–Crippen MR) is 102 cm³/mol. The number of aromatic amines is 1. The highest BCUT2D eigenvalue weighted by atomic mass is 16.7. The van der Waals surface area contributed by atoms with Gasteiger partial charge in [0.2, 0.25) is 6.79 Å². The number of hydrogen-bond donors (Lipinski definition) is 1. The Bertz CT molecular complexity index is 917. The third kappa shape index (κ3) is 3.28. The minimum atomic E-state index is 0.293. The van der Waals surface area contributed by atoms with Crippen LogP contribution >= 0.6 is 0 Å². The molecule has 0 bridgehead atoms. The summed E-state index contributed by atoms with van der Waals surface area (Å²) in [5, 5.41) is 7.45. The summed E-state index contributed by atoms with van der Waals surface area (Å²) in [7, 11) is 0. The average Bonchev–Trinajstić information content (AvgIpc) is 3.38. The van der Waals surface area contributed by atoms with Crippen LogP contribution in [0, 0.1) is 0 Å². The van der Waals surface area contributed by atoms with Crippen molar-refractivity contribution in [3.8, 4) is 22.8 Å². The van der Waals surface area contributed by atoms with E-state index in [0.717, 1.165) is 42.4 Å². The molecule has 27 heavy (non-hydrogen) atoms. The number of fused-ring (bicyclic) bond motifs is 1. The molecule has 1 aromatic carbocycles. The van der Waals surface area contributed by atoms with Crippen molar-refractivity contribution in [1.82, 2.24) is 20.1 Å². The molecule has 5 rings (SSSR count). The highest BCUT2D eigenvalue weighted by molar-refractivity contribution is 5.66. The molecular formula is C21H22N4O2. The normalized spacial score (nSPS) is 17.3.